The molecular weight excluding hydrogens is 288 g/mol. The van der Waals surface area contributed by atoms with E-state index in [9.17, 15) is 9.59 Å². The fourth-order valence-electron chi connectivity index (χ4n) is 2.94. The van der Waals surface area contributed by atoms with E-state index in [1.165, 1.54) is 0 Å². The summed E-state index contributed by atoms with van der Waals surface area (Å²) in [6.45, 7) is 5.45. The monoisotopic (exact) mass is 308 g/mol. The van der Waals surface area contributed by atoms with Crippen molar-refractivity contribution in [2.75, 3.05) is 10.2 Å². The molecule has 0 saturated carbocycles. The number of Topliss-reactive ketones (excluding diaryl/α,β-unsaturated/α-hetero) is 1. The molecule has 1 aliphatic heterocycles. The molecule has 1 amide bonds. The minimum atomic E-state index is -0.750. The maximum Gasteiger partial charge on any atom is 0.252 e. The van der Waals surface area contributed by atoms with Gasteiger partial charge in [0.2, 0.25) is 0 Å². The van der Waals surface area contributed by atoms with Crippen LogP contribution < -0.4 is 10.2 Å². The Balaban J connectivity index is 2.03. The molecule has 0 spiro atoms. The van der Waals surface area contributed by atoms with Gasteiger partial charge in [0.15, 0.2) is 5.78 Å². The van der Waals surface area contributed by atoms with Gasteiger partial charge >= 0.3 is 0 Å². The third-order valence-corrected chi connectivity index (χ3v) is 4.19. The molecule has 118 valence electrons. The van der Waals surface area contributed by atoms with Crippen molar-refractivity contribution in [3.05, 3.63) is 60.2 Å². The van der Waals surface area contributed by atoms with E-state index in [1.807, 2.05) is 56.3 Å². The number of ketones is 1. The highest BCUT2D eigenvalue weighted by Crippen LogP contribution is 2.36. The molecule has 0 aromatic heterocycles. The largest absolute Gasteiger partial charge is 0.370 e. The molecule has 23 heavy (non-hydrogen) atoms. The molecular formula is C19H20N2O2. The quantitative estimate of drug-likeness (QED) is 0.883. The average Bonchev–Trinajstić information content (AvgIpc) is 2.55. The molecule has 0 bridgehead atoms. The highest BCUT2D eigenvalue weighted by atomic mass is 16.2. The van der Waals surface area contributed by atoms with Crippen LogP contribution in [0.4, 0.5) is 11.4 Å². The molecule has 0 aliphatic carbocycles. The lowest BCUT2D eigenvalue weighted by atomic mass is 9.94. The average molecular weight is 308 g/mol. The van der Waals surface area contributed by atoms with Gasteiger partial charge in [0.05, 0.1) is 17.4 Å². The van der Waals surface area contributed by atoms with Crippen molar-refractivity contribution in [3.8, 4) is 0 Å². The number of fused-ring (bicyclic) bond motifs is 1. The van der Waals surface area contributed by atoms with Crippen LogP contribution >= 0.6 is 0 Å². The zero-order valence-electron chi connectivity index (χ0n) is 13.5. The molecule has 1 aliphatic rings. The molecule has 3 rings (SSSR count). The second kappa shape index (κ2) is 5.54. The van der Waals surface area contributed by atoms with Gasteiger partial charge < -0.3 is 5.32 Å². The summed E-state index contributed by atoms with van der Waals surface area (Å²) in [5.41, 5.74) is 1.47. The minimum Gasteiger partial charge on any atom is -0.370 e. The van der Waals surface area contributed by atoms with Gasteiger partial charge in [-0.05, 0) is 32.9 Å². The molecule has 0 saturated heterocycles. The van der Waals surface area contributed by atoms with Crippen LogP contribution in [0.5, 0.6) is 0 Å². The van der Waals surface area contributed by atoms with Crippen molar-refractivity contribution in [2.24, 2.45) is 0 Å². The summed E-state index contributed by atoms with van der Waals surface area (Å²) in [5, 5.41) is 3.25. The number of carbonyl (C=O) groups is 2. The normalized spacial score (nSPS) is 17.2. The Morgan fingerprint density at radius 3 is 2.35 bits per heavy atom. The number of nitrogens with one attached hydrogen (secondary N) is 1. The van der Waals surface area contributed by atoms with E-state index in [2.05, 4.69) is 5.32 Å². The molecule has 1 heterocycles. The van der Waals surface area contributed by atoms with E-state index < -0.39 is 11.6 Å². The van der Waals surface area contributed by atoms with Crippen LogP contribution in [0.25, 0.3) is 0 Å². The van der Waals surface area contributed by atoms with E-state index in [0.29, 0.717) is 5.56 Å². The van der Waals surface area contributed by atoms with Gasteiger partial charge in [-0.15, -0.1) is 0 Å². The second-order valence-electron chi connectivity index (χ2n) is 6.35. The lowest BCUT2D eigenvalue weighted by Gasteiger charge is -2.42. The first kappa shape index (κ1) is 15.3. The van der Waals surface area contributed by atoms with Crippen molar-refractivity contribution in [1.29, 1.82) is 0 Å². The Labute approximate surface area is 136 Å². The van der Waals surface area contributed by atoms with E-state index in [4.69, 9.17) is 0 Å². The van der Waals surface area contributed by atoms with Crippen LogP contribution in [-0.4, -0.2) is 23.3 Å². The fraction of sp³-hybridized carbons (Fsp3) is 0.263. The van der Waals surface area contributed by atoms with Gasteiger partial charge in [-0.1, -0.05) is 42.5 Å². The summed E-state index contributed by atoms with van der Waals surface area (Å²) in [7, 11) is 0. The first-order chi connectivity index (χ1) is 10.9. The second-order valence-corrected chi connectivity index (χ2v) is 6.35. The number of anilines is 2. The van der Waals surface area contributed by atoms with Crippen LogP contribution in [-0.2, 0) is 4.79 Å². The molecule has 0 fully saturated rings. The number of nitrogens with zero attached hydrogens (tertiary/aromatic N) is 1. The lowest BCUT2D eigenvalue weighted by Crippen LogP contribution is -2.58. The Morgan fingerprint density at radius 1 is 1.04 bits per heavy atom. The highest BCUT2D eigenvalue weighted by Gasteiger charge is 2.42. The number of benzene rings is 2. The molecule has 0 radical (unpaired) electrons. The van der Waals surface area contributed by atoms with Crippen LogP contribution in [0, 0.1) is 0 Å². The van der Waals surface area contributed by atoms with Crippen molar-refractivity contribution < 1.29 is 9.59 Å². The summed E-state index contributed by atoms with van der Waals surface area (Å²) in [6, 6.07) is 16.1. The summed E-state index contributed by atoms with van der Waals surface area (Å²) in [6.07, 6.45) is 0. The zero-order valence-corrected chi connectivity index (χ0v) is 13.5. The molecule has 1 atom stereocenters. The third kappa shape index (κ3) is 2.61. The van der Waals surface area contributed by atoms with Crippen molar-refractivity contribution >= 4 is 23.1 Å². The van der Waals surface area contributed by atoms with E-state index in [-0.39, 0.29) is 11.7 Å². The Morgan fingerprint density at radius 2 is 1.65 bits per heavy atom. The first-order valence-electron chi connectivity index (χ1n) is 7.72. The van der Waals surface area contributed by atoms with Gasteiger partial charge in [0.1, 0.15) is 5.54 Å². The Hall–Kier alpha value is -2.62. The van der Waals surface area contributed by atoms with Crippen molar-refractivity contribution in [2.45, 2.75) is 32.4 Å². The predicted molar refractivity (Wildman–Crippen MR) is 91.9 cm³/mol. The van der Waals surface area contributed by atoms with Gasteiger partial charge in [0.25, 0.3) is 5.91 Å². The molecule has 2 aromatic rings. The SMILES string of the molecule is CC(C(=O)c1ccccc1)N1C(=O)C(C)(C)Nc2ccccc21. The van der Waals surface area contributed by atoms with Crippen molar-refractivity contribution in [3.63, 3.8) is 0 Å². The highest BCUT2D eigenvalue weighted by molar-refractivity contribution is 6.13. The van der Waals surface area contributed by atoms with Gasteiger partial charge in [-0.3, -0.25) is 14.5 Å². The van der Waals surface area contributed by atoms with Crippen molar-refractivity contribution in [1.82, 2.24) is 0 Å². The summed E-state index contributed by atoms with van der Waals surface area (Å²) >= 11 is 0. The maximum absolute atomic E-state index is 12.9. The first-order valence-corrected chi connectivity index (χ1v) is 7.72. The number of rotatable bonds is 3. The lowest BCUT2D eigenvalue weighted by molar-refractivity contribution is -0.122. The van der Waals surface area contributed by atoms with Gasteiger partial charge in [-0.25, -0.2) is 0 Å². The van der Waals surface area contributed by atoms with Crippen LogP contribution in [0.15, 0.2) is 54.6 Å². The van der Waals surface area contributed by atoms with E-state index >= 15 is 0 Å². The fourth-order valence-corrected chi connectivity index (χ4v) is 2.94. The van der Waals surface area contributed by atoms with E-state index in [1.54, 1.807) is 24.0 Å². The van der Waals surface area contributed by atoms with Crippen LogP contribution in [0.1, 0.15) is 31.1 Å². The number of hydrogen-bond acceptors (Lipinski definition) is 3. The maximum atomic E-state index is 12.9. The van der Waals surface area contributed by atoms with Gasteiger partial charge in [0, 0.05) is 5.56 Å². The Kier molecular flexibility index (Phi) is 3.68. The number of hydrogen-bond donors (Lipinski definition) is 1. The third-order valence-electron chi connectivity index (χ3n) is 4.19. The topological polar surface area (TPSA) is 49.4 Å². The molecule has 4 nitrogen and oxygen atoms in total. The minimum absolute atomic E-state index is 0.0635. The number of para-hydroxylation sites is 2. The molecule has 4 heteroatoms. The predicted octanol–water partition coefficient (Wildman–Crippen LogP) is 3.50. The molecule has 1 N–H and O–H groups in total. The zero-order chi connectivity index (χ0) is 16.6. The van der Waals surface area contributed by atoms with E-state index in [0.717, 1.165) is 11.4 Å². The van der Waals surface area contributed by atoms with Gasteiger partial charge in [-0.2, -0.15) is 0 Å². The summed E-state index contributed by atoms with van der Waals surface area (Å²) in [4.78, 5) is 27.3. The smallest absolute Gasteiger partial charge is 0.252 e. The molecule has 2 aromatic carbocycles. The summed E-state index contributed by atoms with van der Waals surface area (Å²) in [5.74, 6) is -0.167. The summed E-state index contributed by atoms with van der Waals surface area (Å²) < 4.78 is 0. The molecule has 1 unspecified atom stereocenters. The Bertz CT molecular complexity index is 753. The van der Waals surface area contributed by atoms with Crippen LogP contribution in [0.2, 0.25) is 0 Å². The number of amides is 1. The van der Waals surface area contributed by atoms with Crippen LogP contribution in [0.3, 0.4) is 0 Å². The standard InChI is InChI=1S/C19H20N2O2/c1-13(17(22)14-9-5-4-6-10-14)21-16-12-8-7-11-15(16)20-19(2,3)18(21)23/h4-13,20H,1-3H3. The number of carbonyl (C=O) groups excluding carboxylic acids is 2.